The van der Waals surface area contributed by atoms with Crippen molar-refractivity contribution in [3.63, 3.8) is 0 Å². The Hall–Kier alpha value is -2.15. The summed E-state index contributed by atoms with van der Waals surface area (Å²) in [6.45, 7) is 0. The average Bonchev–Trinajstić information content (AvgIpc) is 2.45. The van der Waals surface area contributed by atoms with E-state index >= 15 is 0 Å². The molecule has 116 valence electrons. The number of alkyl halides is 3. The van der Waals surface area contributed by atoms with Gasteiger partial charge in [-0.2, -0.15) is 13.2 Å². The Morgan fingerprint density at radius 3 is 2.32 bits per heavy atom. The SMILES string of the molecule is O=[N+]([O-])c1ccc(CCc2ncc(C(F)(F)F)cc2Cl)cc1. The second kappa shape index (κ2) is 6.31. The van der Waals surface area contributed by atoms with Crippen LogP contribution in [-0.2, 0) is 19.0 Å². The molecule has 1 aromatic heterocycles. The summed E-state index contributed by atoms with van der Waals surface area (Å²) in [6.07, 6.45) is -2.92. The number of non-ortho nitro benzene ring substituents is 1. The zero-order valence-electron chi connectivity index (χ0n) is 11.1. The third-order valence-corrected chi connectivity index (χ3v) is 3.37. The minimum atomic E-state index is -4.48. The van der Waals surface area contributed by atoms with Gasteiger partial charge in [-0.15, -0.1) is 0 Å². The van der Waals surface area contributed by atoms with Gasteiger partial charge in [0, 0.05) is 18.3 Å². The minimum Gasteiger partial charge on any atom is -0.259 e. The molecule has 0 saturated carbocycles. The smallest absolute Gasteiger partial charge is 0.259 e. The summed E-state index contributed by atoms with van der Waals surface area (Å²) in [5, 5.41) is 10.5. The molecule has 0 bridgehead atoms. The van der Waals surface area contributed by atoms with E-state index < -0.39 is 16.7 Å². The molecule has 0 amide bonds. The molecule has 0 atom stereocenters. The highest BCUT2D eigenvalue weighted by Gasteiger charge is 2.31. The number of nitro groups is 1. The number of nitrogens with zero attached hydrogens (tertiary/aromatic N) is 2. The van der Waals surface area contributed by atoms with Crippen molar-refractivity contribution in [2.45, 2.75) is 19.0 Å². The summed E-state index contributed by atoms with van der Waals surface area (Å²) in [5.41, 5.74) is 0.252. The van der Waals surface area contributed by atoms with Crippen molar-refractivity contribution >= 4 is 17.3 Å². The fourth-order valence-corrected chi connectivity index (χ4v) is 2.11. The van der Waals surface area contributed by atoms with Crippen LogP contribution in [0.3, 0.4) is 0 Å². The Morgan fingerprint density at radius 1 is 1.18 bits per heavy atom. The number of aryl methyl sites for hydroxylation is 2. The number of rotatable bonds is 4. The van der Waals surface area contributed by atoms with E-state index in [4.69, 9.17) is 11.6 Å². The fraction of sp³-hybridized carbons (Fsp3) is 0.214. The molecule has 2 aromatic rings. The molecule has 0 radical (unpaired) electrons. The van der Waals surface area contributed by atoms with E-state index in [9.17, 15) is 23.3 Å². The Balaban J connectivity index is 2.07. The van der Waals surface area contributed by atoms with Crippen LogP contribution in [0.15, 0.2) is 36.5 Å². The number of benzene rings is 1. The second-order valence-electron chi connectivity index (χ2n) is 4.57. The molecule has 0 aliphatic carbocycles. The van der Waals surface area contributed by atoms with Crippen LogP contribution in [0.1, 0.15) is 16.8 Å². The maximum atomic E-state index is 12.5. The molecule has 4 nitrogen and oxygen atoms in total. The topological polar surface area (TPSA) is 56.0 Å². The monoisotopic (exact) mass is 330 g/mol. The standard InChI is InChI=1S/C14H10ClF3N2O2/c15-12-7-10(14(16,17)18)8-19-13(12)6-3-9-1-4-11(5-2-9)20(21)22/h1-2,4-5,7-8H,3,6H2. The van der Waals surface area contributed by atoms with Crippen molar-refractivity contribution in [2.75, 3.05) is 0 Å². The molecule has 0 spiro atoms. The normalized spacial score (nSPS) is 11.5. The van der Waals surface area contributed by atoms with E-state index in [-0.39, 0.29) is 10.7 Å². The first-order chi connectivity index (χ1) is 10.3. The largest absolute Gasteiger partial charge is 0.417 e. The second-order valence-corrected chi connectivity index (χ2v) is 4.98. The molecule has 0 unspecified atom stereocenters. The van der Waals surface area contributed by atoms with Crippen LogP contribution < -0.4 is 0 Å². The molecule has 0 saturated heterocycles. The molecule has 8 heteroatoms. The van der Waals surface area contributed by atoms with Crippen LogP contribution in [0.4, 0.5) is 18.9 Å². The van der Waals surface area contributed by atoms with E-state index in [1.165, 1.54) is 12.1 Å². The summed E-state index contributed by atoms with van der Waals surface area (Å²) in [7, 11) is 0. The minimum absolute atomic E-state index is 0.0190. The van der Waals surface area contributed by atoms with Crippen LogP contribution in [0.25, 0.3) is 0 Å². The summed E-state index contributed by atoms with van der Waals surface area (Å²) >= 11 is 5.82. The van der Waals surface area contributed by atoms with E-state index in [2.05, 4.69) is 4.98 Å². The van der Waals surface area contributed by atoms with Crippen LogP contribution in [0.5, 0.6) is 0 Å². The number of hydrogen-bond donors (Lipinski definition) is 0. The van der Waals surface area contributed by atoms with Crippen molar-refractivity contribution in [2.24, 2.45) is 0 Å². The van der Waals surface area contributed by atoms with Gasteiger partial charge in [-0.3, -0.25) is 15.1 Å². The molecule has 0 fully saturated rings. The van der Waals surface area contributed by atoms with Crippen LogP contribution in [-0.4, -0.2) is 9.91 Å². The summed E-state index contributed by atoms with van der Waals surface area (Å²) in [6, 6.07) is 6.78. The van der Waals surface area contributed by atoms with Gasteiger partial charge in [0.05, 0.1) is 21.2 Å². The number of hydrogen-bond acceptors (Lipinski definition) is 3. The molecule has 22 heavy (non-hydrogen) atoms. The molecule has 0 aliphatic heterocycles. The quantitative estimate of drug-likeness (QED) is 0.615. The number of halogens is 4. The zero-order valence-corrected chi connectivity index (χ0v) is 11.9. The maximum Gasteiger partial charge on any atom is 0.417 e. The molecule has 2 rings (SSSR count). The molecule has 1 heterocycles. The number of pyridine rings is 1. The van der Waals surface area contributed by atoms with Gasteiger partial charge in [0.2, 0.25) is 0 Å². The first-order valence-electron chi connectivity index (χ1n) is 6.22. The maximum absolute atomic E-state index is 12.5. The lowest BCUT2D eigenvalue weighted by Gasteiger charge is -2.09. The van der Waals surface area contributed by atoms with Gasteiger partial charge in [-0.25, -0.2) is 0 Å². The first kappa shape index (κ1) is 16.2. The average molecular weight is 331 g/mol. The van der Waals surface area contributed by atoms with Crippen molar-refractivity contribution in [1.82, 2.24) is 4.98 Å². The fourth-order valence-electron chi connectivity index (χ4n) is 1.85. The highest BCUT2D eigenvalue weighted by Crippen LogP contribution is 2.31. The van der Waals surface area contributed by atoms with Crippen LogP contribution >= 0.6 is 11.6 Å². The third-order valence-electron chi connectivity index (χ3n) is 3.04. The molecule has 0 N–H and O–H groups in total. The highest BCUT2D eigenvalue weighted by molar-refractivity contribution is 6.31. The summed E-state index contributed by atoms with van der Waals surface area (Å²) < 4.78 is 37.5. The number of aromatic nitrogens is 1. The molecular formula is C14H10ClF3N2O2. The Labute approximate surface area is 128 Å². The lowest BCUT2D eigenvalue weighted by molar-refractivity contribution is -0.384. The predicted molar refractivity (Wildman–Crippen MR) is 74.8 cm³/mol. The van der Waals surface area contributed by atoms with Gasteiger partial charge in [-0.05, 0) is 24.5 Å². The van der Waals surface area contributed by atoms with Gasteiger partial charge in [-0.1, -0.05) is 23.7 Å². The van der Waals surface area contributed by atoms with Crippen molar-refractivity contribution < 1.29 is 18.1 Å². The van der Waals surface area contributed by atoms with Crippen molar-refractivity contribution in [3.05, 3.63) is 68.5 Å². The summed E-state index contributed by atoms with van der Waals surface area (Å²) in [4.78, 5) is 13.8. The first-order valence-corrected chi connectivity index (χ1v) is 6.60. The lowest BCUT2D eigenvalue weighted by atomic mass is 10.1. The number of nitro benzene ring substituents is 1. The predicted octanol–water partition coefficient (Wildman–Crippen LogP) is 4.45. The summed E-state index contributed by atoms with van der Waals surface area (Å²) in [5.74, 6) is 0. The molecular weight excluding hydrogens is 321 g/mol. The Morgan fingerprint density at radius 2 is 1.82 bits per heavy atom. The van der Waals surface area contributed by atoms with Crippen molar-refractivity contribution in [1.29, 1.82) is 0 Å². The van der Waals surface area contributed by atoms with Gasteiger partial charge in [0.1, 0.15) is 0 Å². The Kier molecular flexibility index (Phi) is 4.65. The zero-order chi connectivity index (χ0) is 16.3. The van der Waals surface area contributed by atoms with E-state index in [0.717, 1.165) is 17.8 Å². The van der Waals surface area contributed by atoms with Gasteiger partial charge in [0.25, 0.3) is 5.69 Å². The van der Waals surface area contributed by atoms with Crippen molar-refractivity contribution in [3.8, 4) is 0 Å². The van der Waals surface area contributed by atoms with E-state index in [1.54, 1.807) is 12.1 Å². The van der Waals surface area contributed by atoms with Crippen LogP contribution in [0, 0.1) is 10.1 Å². The van der Waals surface area contributed by atoms with Crippen LogP contribution in [0.2, 0.25) is 5.02 Å². The highest BCUT2D eigenvalue weighted by atomic mass is 35.5. The van der Waals surface area contributed by atoms with Gasteiger partial charge < -0.3 is 0 Å². The van der Waals surface area contributed by atoms with Gasteiger partial charge in [0.15, 0.2) is 0 Å². The van der Waals surface area contributed by atoms with Gasteiger partial charge >= 0.3 is 6.18 Å². The molecule has 1 aromatic carbocycles. The van der Waals surface area contributed by atoms with E-state index in [0.29, 0.717) is 18.5 Å². The molecule has 0 aliphatic rings. The Bertz CT molecular complexity index is 687. The lowest BCUT2D eigenvalue weighted by Crippen LogP contribution is -2.07. The van der Waals surface area contributed by atoms with E-state index in [1.807, 2.05) is 0 Å². The third kappa shape index (κ3) is 3.94.